The quantitative estimate of drug-likeness (QED) is 0.0328. The molecule has 0 aliphatic heterocycles. The largest absolute Gasteiger partial charge is 0.469 e. The first-order valence-electron chi connectivity index (χ1n) is 35.2. The van der Waals surface area contributed by atoms with Crippen LogP contribution in [0.2, 0.25) is 0 Å². The van der Waals surface area contributed by atoms with Gasteiger partial charge in [0.2, 0.25) is 0 Å². The van der Waals surface area contributed by atoms with Crippen molar-refractivity contribution >= 4 is 23.9 Å². The number of hydrogen-bond donors (Lipinski definition) is 0. The van der Waals surface area contributed by atoms with E-state index in [1.807, 2.05) is 0 Å². The lowest BCUT2D eigenvalue weighted by atomic mass is 10.1. The number of esters is 4. The van der Waals surface area contributed by atoms with E-state index in [2.05, 4.69) is 54.2 Å². The van der Waals surface area contributed by atoms with Crippen LogP contribution < -0.4 is 0 Å². The van der Waals surface area contributed by atoms with E-state index in [0.29, 0.717) is 65.3 Å². The molecule has 0 aromatic heterocycles. The minimum atomic E-state index is -0.239. The lowest BCUT2D eigenvalue weighted by Crippen LogP contribution is -2.43. The van der Waals surface area contributed by atoms with E-state index in [0.717, 1.165) is 117 Å². The predicted octanol–water partition coefficient (Wildman–Crippen LogP) is 17.3. The van der Waals surface area contributed by atoms with Crippen LogP contribution in [-0.2, 0) is 38.1 Å². The standard InChI is InChI=1S/C69H136N4O8/c1-7-12-17-20-23-26-29-32-35-38-41-44-63-79-67(75)48-54-72(53-47-66(74)78-6)61-59-70(51-15-10-4)57-58-71(52-16-11-5)60-62-73(55-49-68(76)80-64-45-42-39-36-33-30-27-24-21-18-13-8-2)56-50-69(77)81-65-46-43-40-37-34-31-28-25-22-19-14-9-3/h7-65H2,1-6H3. The summed E-state index contributed by atoms with van der Waals surface area (Å²) in [6.07, 6.45) is 51.5. The molecular weight excluding hydrogens is 1010 g/mol. The van der Waals surface area contributed by atoms with Gasteiger partial charge in [0, 0.05) is 65.4 Å². The molecule has 0 spiro atoms. The highest BCUT2D eigenvalue weighted by molar-refractivity contribution is 5.70. The maximum absolute atomic E-state index is 13.1. The highest BCUT2D eigenvalue weighted by Crippen LogP contribution is 2.16. The van der Waals surface area contributed by atoms with E-state index in [9.17, 15) is 19.2 Å². The molecule has 0 aliphatic rings. The Morgan fingerprint density at radius 3 is 0.617 bits per heavy atom. The van der Waals surface area contributed by atoms with Gasteiger partial charge in [0.05, 0.1) is 52.6 Å². The molecule has 0 amide bonds. The lowest BCUT2D eigenvalue weighted by Gasteiger charge is -2.31. The first-order chi connectivity index (χ1) is 39.7. The molecule has 0 aromatic carbocycles. The third-order valence-electron chi connectivity index (χ3n) is 16.4. The van der Waals surface area contributed by atoms with E-state index >= 15 is 0 Å². The molecule has 12 nitrogen and oxygen atoms in total. The fraction of sp³-hybridized carbons (Fsp3) is 0.942. The fourth-order valence-corrected chi connectivity index (χ4v) is 10.7. The van der Waals surface area contributed by atoms with Gasteiger partial charge < -0.3 is 38.5 Å². The summed E-state index contributed by atoms with van der Waals surface area (Å²) in [4.78, 5) is 60.9. The van der Waals surface area contributed by atoms with Gasteiger partial charge in [0.15, 0.2) is 0 Å². The Balaban J connectivity index is 5.32. The van der Waals surface area contributed by atoms with Crippen LogP contribution in [0.4, 0.5) is 0 Å². The van der Waals surface area contributed by atoms with Crippen molar-refractivity contribution in [2.45, 2.75) is 317 Å². The van der Waals surface area contributed by atoms with Crippen LogP contribution in [0.25, 0.3) is 0 Å². The van der Waals surface area contributed by atoms with Crippen LogP contribution in [0.1, 0.15) is 317 Å². The maximum atomic E-state index is 13.1. The number of methoxy groups -OCH3 is 1. The van der Waals surface area contributed by atoms with Gasteiger partial charge in [-0.05, 0) is 45.2 Å². The normalized spacial score (nSPS) is 11.7. The number of hydrogen-bond acceptors (Lipinski definition) is 12. The zero-order chi connectivity index (χ0) is 59.2. The molecular formula is C69H136N4O8. The number of rotatable bonds is 66. The zero-order valence-electron chi connectivity index (χ0n) is 54.8. The summed E-state index contributed by atoms with van der Waals surface area (Å²) in [5, 5.41) is 0. The second kappa shape index (κ2) is 63.7. The van der Waals surface area contributed by atoms with Crippen LogP contribution in [0.15, 0.2) is 0 Å². The molecule has 81 heavy (non-hydrogen) atoms. The van der Waals surface area contributed by atoms with Gasteiger partial charge in [0.25, 0.3) is 0 Å². The Bertz CT molecular complexity index is 1310. The number of unbranched alkanes of at least 4 members (excludes halogenated alkanes) is 35. The summed E-state index contributed by atoms with van der Waals surface area (Å²) < 4.78 is 22.2. The summed E-state index contributed by atoms with van der Waals surface area (Å²) in [5.74, 6) is -0.710. The first-order valence-corrected chi connectivity index (χ1v) is 35.2. The van der Waals surface area contributed by atoms with Gasteiger partial charge in [-0.3, -0.25) is 19.2 Å². The Labute approximate surface area is 502 Å². The highest BCUT2D eigenvalue weighted by atomic mass is 16.5. The molecule has 0 unspecified atom stereocenters. The van der Waals surface area contributed by atoms with E-state index in [-0.39, 0.29) is 30.3 Å². The van der Waals surface area contributed by atoms with E-state index in [4.69, 9.17) is 18.9 Å². The van der Waals surface area contributed by atoms with Crippen molar-refractivity contribution in [1.29, 1.82) is 0 Å². The summed E-state index contributed by atoms with van der Waals surface area (Å²) >= 11 is 0. The average molecular weight is 1150 g/mol. The topological polar surface area (TPSA) is 118 Å². The summed E-state index contributed by atoms with van der Waals surface area (Å²) in [6, 6.07) is 0. The summed E-state index contributed by atoms with van der Waals surface area (Å²) in [5.41, 5.74) is 0. The molecule has 0 atom stereocenters. The molecule has 0 aromatic rings. The van der Waals surface area contributed by atoms with Crippen molar-refractivity contribution < 1.29 is 38.1 Å². The minimum absolute atomic E-state index is 0.153. The molecule has 0 saturated carbocycles. The van der Waals surface area contributed by atoms with Crippen LogP contribution >= 0.6 is 0 Å². The van der Waals surface area contributed by atoms with Crippen molar-refractivity contribution in [2.24, 2.45) is 0 Å². The monoisotopic (exact) mass is 1150 g/mol. The van der Waals surface area contributed by atoms with Gasteiger partial charge in [-0.1, -0.05) is 259 Å². The average Bonchev–Trinajstić information content (AvgIpc) is 3.47. The highest BCUT2D eigenvalue weighted by Gasteiger charge is 2.18. The van der Waals surface area contributed by atoms with Gasteiger partial charge in [-0.2, -0.15) is 0 Å². The number of carbonyl (C=O) groups excluding carboxylic acids is 4. The molecule has 0 aliphatic carbocycles. The van der Waals surface area contributed by atoms with Gasteiger partial charge in [0.1, 0.15) is 0 Å². The van der Waals surface area contributed by atoms with E-state index in [1.54, 1.807) is 0 Å². The molecule has 0 fully saturated rings. The molecule has 12 heteroatoms. The predicted molar refractivity (Wildman–Crippen MR) is 342 cm³/mol. The molecule has 0 N–H and O–H groups in total. The van der Waals surface area contributed by atoms with Crippen molar-refractivity contribution in [3.63, 3.8) is 0 Å². The number of carbonyl (C=O) groups is 4. The van der Waals surface area contributed by atoms with Crippen LogP contribution in [0, 0.1) is 0 Å². The fourth-order valence-electron chi connectivity index (χ4n) is 10.7. The van der Waals surface area contributed by atoms with Crippen LogP contribution in [-0.4, -0.2) is 149 Å². The molecule has 0 heterocycles. The summed E-state index contributed by atoms with van der Waals surface area (Å²) in [6.45, 7) is 21.9. The smallest absolute Gasteiger partial charge is 0.307 e. The van der Waals surface area contributed by atoms with Crippen LogP contribution in [0.5, 0.6) is 0 Å². The van der Waals surface area contributed by atoms with Crippen molar-refractivity contribution in [3.05, 3.63) is 0 Å². The Morgan fingerprint density at radius 1 is 0.222 bits per heavy atom. The Hall–Kier alpha value is -2.28. The van der Waals surface area contributed by atoms with Gasteiger partial charge in [-0.25, -0.2) is 0 Å². The minimum Gasteiger partial charge on any atom is -0.469 e. The summed E-state index contributed by atoms with van der Waals surface area (Å²) in [7, 11) is 1.43. The molecule has 0 bridgehead atoms. The molecule has 0 saturated heterocycles. The SMILES string of the molecule is CCCCCCCCCCCCCCOC(=O)CCN(CCC(=O)OC)CCN(CCCC)CCN(CCCC)CCN(CCC(=O)OCCCCCCCCCCCCCC)CCC(=O)OCCCCCCCCCCCCCC. The third-order valence-corrected chi connectivity index (χ3v) is 16.4. The Kier molecular flexibility index (Phi) is 61.9. The second-order valence-electron chi connectivity index (χ2n) is 24.0. The maximum Gasteiger partial charge on any atom is 0.307 e. The Morgan fingerprint density at radius 2 is 0.407 bits per heavy atom. The van der Waals surface area contributed by atoms with Crippen molar-refractivity contribution in [2.75, 3.05) is 105 Å². The zero-order valence-corrected chi connectivity index (χ0v) is 54.8. The first kappa shape index (κ1) is 78.7. The van der Waals surface area contributed by atoms with Gasteiger partial charge in [-0.15, -0.1) is 0 Å². The molecule has 0 radical (unpaired) electrons. The second-order valence-corrected chi connectivity index (χ2v) is 24.0. The number of nitrogens with zero attached hydrogens (tertiary/aromatic N) is 4. The van der Waals surface area contributed by atoms with E-state index in [1.165, 1.54) is 200 Å². The number of ether oxygens (including phenoxy) is 4. The van der Waals surface area contributed by atoms with Crippen molar-refractivity contribution in [3.8, 4) is 0 Å². The van der Waals surface area contributed by atoms with Crippen LogP contribution in [0.3, 0.4) is 0 Å². The van der Waals surface area contributed by atoms with Crippen molar-refractivity contribution in [1.82, 2.24) is 19.6 Å². The molecule has 480 valence electrons. The molecule has 0 rings (SSSR count). The van der Waals surface area contributed by atoms with E-state index < -0.39 is 0 Å². The van der Waals surface area contributed by atoms with Gasteiger partial charge >= 0.3 is 23.9 Å². The third kappa shape index (κ3) is 57.9. The lowest BCUT2D eigenvalue weighted by molar-refractivity contribution is -0.145.